The molecule has 3 aromatic rings. The molecule has 2 N–H and O–H groups in total. The van der Waals surface area contributed by atoms with E-state index in [-0.39, 0.29) is 60.2 Å². The van der Waals surface area contributed by atoms with Crippen LogP contribution in [0.4, 0.5) is 13.2 Å². The predicted octanol–water partition coefficient (Wildman–Crippen LogP) is 4.79. The molecule has 0 radical (unpaired) electrons. The molecule has 2 aliphatic heterocycles. The minimum Gasteiger partial charge on any atom is -0.490 e. The van der Waals surface area contributed by atoms with Crippen LogP contribution in [0.2, 0.25) is 0 Å². The minimum absolute atomic E-state index is 0. The van der Waals surface area contributed by atoms with Crippen LogP contribution < -0.4 is 20.1 Å². The first-order chi connectivity index (χ1) is 17.8. The van der Waals surface area contributed by atoms with Crippen LogP contribution in [0.1, 0.15) is 55.0 Å². The molecule has 8 nitrogen and oxygen atoms in total. The topological polar surface area (TPSA) is 86.1 Å². The highest BCUT2D eigenvalue weighted by atomic mass is 35.5. The SMILES string of the molecule is Cl.Cl.Cn1nnc(C2CC3(c4ccccc4)NC2CCC3NCc2cc(OC(F)(F)F)ccc2OC2CC2)n1. The predicted molar refractivity (Wildman–Crippen MR) is 142 cm³/mol. The molecule has 4 atom stereocenters. The maximum Gasteiger partial charge on any atom is 0.573 e. The summed E-state index contributed by atoms with van der Waals surface area (Å²) < 4.78 is 48.9. The third kappa shape index (κ3) is 6.26. The highest BCUT2D eigenvalue weighted by Gasteiger charge is 2.54. The fourth-order valence-corrected chi connectivity index (χ4v) is 5.83. The molecular formula is C26H31Cl2F3N6O2. The molecule has 13 heteroatoms. The highest BCUT2D eigenvalue weighted by Crippen LogP contribution is 2.49. The van der Waals surface area contributed by atoms with E-state index in [1.807, 2.05) is 18.2 Å². The summed E-state index contributed by atoms with van der Waals surface area (Å²) in [7, 11) is 1.76. The summed E-state index contributed by atoms with van der Waals surface area (Å²) in [6.07, 6.45) is -0.133. The van der Waals surface area contributed by atoms with Gasteiger partial charge in [-0.15, -0.1) is 48.2 Å². The Balaban J connectivity index is 0.00000176. The Morgan fingerprint density at radius 1 is 1.08 bits per heavy atom. The minimum atomic E-state index is -4.75. The van der Waals surface area contributed by atoms with Gasteiger partial charge in [0.2, 0.25) is 0 Å². The number of fused-ring (bicyclic) bond motifs is 2. The van der Waals surface area contributed by atoms with E-state index in [9.17, 15) is 13.2 Å². The van der Waals surface area contributed by atoms with Gasteiger partial charge in [0.25, 0.3) is 0 Å². The summed E-state index contributed by atoms with van der Waals surface area (Å²) in [6, 6.07) is 14.8. The standard InChI is InChI=1S/C26H29F3N6O2.2ClH/c1-35-33-24(32-34-35)20-14-25(17-5-3-2-4-6-17)23(12-10-21(20)31-25)30-15-16-13-19(37-26(27,28)29)9-11-22(16)36-18-7-8-18;;/h2-6,9,11,13,18,20-21,23,30-31H,7-8,10,12,14-15H2,1H3;2*1H. The Bertz CT molecular complexity index is 1260. The Hall–Kier alpha value is -2.60. The Kier molecular flexibility index (Phi) is 8.65. The van der Waals surface area contributed by atoms with Gasteiger partial charge in [0, 0.05) is 30.1 Å². The van der Waals surface area contributed by atoms with Gasteiger partial charge in [0.15, 0.2) is 5.82 Å². The molecule has 1 aromatic heterocycles. The number of halogens is 5. The van der Waals surface area contributed by atoms with E-state index < -0.39 is 6.36 Å². The molecule has 2 saturated heterocycles. The summed E-state index contributed by atoms with van der Waals surface area (Å²) >= 11 is 0. The summed E-state index contributed by atoms with van der Waals surface area (Å²) in [4.78, 5) is 1.49. The van der Waals surface area contributed by atoms with Crippen LogP contribution in [0.3, 0.4) is 0 Å². The van der Waals surface area contributed by atoms with Gasteiger partial charge in [-0.2, -0.15) is 4.80 Å². The zero-order chi connectivity index (χ0) is 25.6. The number of piperidine rings is 1. The first-order valence-corrected chi connectivity index (χ1v) is 12.6. The van der Waals surface area contributed by atoms with Crippen molar-refractivity contribution >= 4 is 24.8 Å². The summed E-state index contributed by atoms with van der Waals surface area (Å²) in [5.74, 6) is 1.18. The van der Waals surface area contributed by atoms with E-state index in [2.05, 4.69) is 42.9 Å². The zero-order valence-corrected chi connectivity index (χ0v) is 22.9. The Morgan fingerprint density at radius 3 is 2.51 bits per heavy atom. The number of ether oxygens (including phenoxy) is 2. The summed E-state index contributed by atoms with van der Waals surface area (Å²) in [5, 5.41) is 20.4. The van der Waals surface area contributed by atoms with E-state index >= 15 is 0 Å². The molecule has 39 heavy (non-hydrogen) atoms. The molecule has 1 aliphatic carbocycles. The van der Waals surface area contributed by atoms with E-state index in [1.165, 1.54) is 16.9 Å². The average molecular weight is 587 g/mol. The number of aryl methyl sites for hydroxylation is 1. The Labute approximate surface area is 236 Å². The van der Waals surface area contributed by atoms with E-state index in [0.29, 0.717) is 17.9 Å². The molecule has 212 valence electrons. The molecular weight excluding hydrogens is 556 g/mol. The van der Waals surface area contributed by atoms with Gasteiger partial charge in [-0.25, -0.2) is 0 Å². The number of aromatic nitrogens is 4. The smallest absolute Gasteiger partial charge is 0.490 e. The average Bonchev–Trinajstić information content (AvgIpc) is 3.50. The van der Waals surface area contributed by atoms with Gasteiger partial charge >= 0.3 is 6.36 Å². The number of rotatable bonds is 8. The first kappa shape index (κ1) is 29.4. The second-order valence-corrected chi connectivity index (χ2v) is 10.2. The third-order valence-corrected chi connectivity index (χ3v) is 7.60. The lowest BCUT2D eigenvalue weighted by molar-refractivity contribution is -0.274. The molecule has 3 aliphatic rings. The van der Waals surface area contributed by atoms with Crippen molar-refractivity contribution in [3.63, 3.8) is 0 Å². The van der Waals surface area contributed by atoms with E-state index in [4.69, 9.17) is 4.74 Å². The lowest BCUT2D eigenvalue weighted by Gasteiger charge is -2.43. The van der Waals surface area contributed by atoms with Crippen LogP contribution in [0.5, 0.6) is 11.5 Å². The van der Waals surface area contributed by atoms with Gasteiger partial charge in [-0.05, 0) is 61.1 Å². The number of alkyl halides is 3. The monoisotopic (exact) mass is 586 g/mol. The molecule has 6 rings (SSSR count). The molecule has 0 spiro atoms. The third-order valence-electron chi connectivity index (χ3n) is 7.60. The van der Waals surface area contributed by atoms with Crippen molar-refractivity contribution in [2.45, 2.75) is 74.7 Å². The number of benzene rings is 2. The molecule has 2 bridgehead atoms. The fraction of sp³-hybridized carbons (Fsp3) is 0.500. The first-order valence-electron chi connectivity index (χ1n) is 12.6. The molecule has 4 unspecified atom stereocenters. The van der Waals surface area contributed by atoms with Crippen molar-refractivity contribution < 1.29 is 22.6 Å². The number of nitrogens with one attached hydrogen (secondary N) is 2. The van der Waals surface area contributed by atoms with Crippen LogP contribution in [-0.2, 0) is 19.1 Å². The summed E-state index contributed by atoms with van der Waals surface area (Å²) in [6.45, 7) is 0.344. The Morgan fingerprint density at radius 2 is 1.85 bits per heavy atom. The molecule has 3 fully saturated rings. The number of nitrogens with zero attached hydrogens (tertiary/aromatic N) is 4. The maximum absolute atomic E-state index is 12.9. The van der Waals surface area contributed by atoms with Gasteiger partial charge in [-0.1, -0.05) is 30.3 Å². The van der Waals surface area contributed by atoms with Crippen molar-refractivity contribution in [2.24, 2.45) is 7.05 Å². The molecule has 0 amide bonds. The zero-order valence-electron chi connectivity index (χ0n) is 21.2. The van der Waals surface area contributed by atoms with Gasteiger partial charge in [-0.3, -0.25) is 0 Å². The lowest BCUT2D eigenvalue weighted by atomic mass is 9.78. The number of hydrogen-bond acceptors (Lipinski definition) is 7. The highest BCUT2D eigenvalue weighted by molar-refractivity contribution is 5.85. The van der Waals surface area contributed by atoms with Gasteiger partial charge in [0.05, 0.1) is 18.7 Å². The number of tetrazole rings is 1. The summed E-state index contributed by atoms with van der Waals surface area (Å²) in [5.41, 5.74) is 1.42. The molecule has 3 heterocycles. The second-order valence-electron chi connectivity index (χ2n) is 10.2. The van der Waals surface area contributed by atoms with Crippen molar-refractivity contribution in [1.29, 1.82) is 0 Å². The van der Waals surface area contributed by atoms with E-state index in [0.717, 1.165) is 43.5 Å². The van der Waals surface area contributed by atoms with E-state index in [1.54, 1.807) is 13.1 Å². The number of hydrogen-bond donors (Lipinski definition) is 2. The van der Waals surface area contributed by atoms with Crippen molar-refractivity contribution in [3.8, 4) is 11.5 Å². The van der Waals surface area contributed by atoms with Crippen molar-refractivity contribution in [1.82, 2.24) is 30.8 Å². The lowest BCUT2D eigenvalue weighted by Crippen LogP contribution is -2.58. The van der Waals surface area contributed by atoms with Crippen LogP contribution in [0.15, 0.2) is 48.5 Å². The maximum atomic E-state index is 12.9. The molecule has 2 aromatic carbocycles. The van der Waals surface area contributed by atoms with Gasteiger partial charge < -0.3 is 20.1 Å². The van der Waals surface area contributed by atoms with Crippen LogP contribution in [0.25, 0.3) is 0 Å². The van der Waals surface area contributed by atoms with Crippen molar-refractivity contribution in [3.05, 3.63) is 65.5 Å². The van der Waals surface area contributed by atoms with Gasteiger partial charge in [0.1, 0.15) is 11.5 Å². The van der Waals surface area contributed by atoms with Crippen LogP contribution in [-0.4, -0.2) is 44.8 Å². The fourth-order valence-electron chi connectivity index (χ4n) is 5.83. The quantitative estimate of drug-likeness (QED) is 0.392. The largest absolute Gasteiger partial charge is 0.573 e. The second kappa shape index (κ2) is 11.5. The van der Waals surface area contributed by atoms with Crippen LogP contribution >= 0.6 is 24.8 Å². The van der Waals surface area contributed by atoms with Crippen LogP contribution in [0, 0.1) is 0 Å². The molecule has 1 saturated carbocycles. The normalized spacial score (nSPS) is 25.9. The van der Waals surface area contributed by atoms with Crippen molar-refractivity contribution in [2.75, 3.05) is 0 Å².